The first-order valence-electron chi connectivity index (χ1n) is 11.2. The molecule has 1 atom stereocenters. The van der Waals surface area contributed by atoms with Gasteiger partial charge in [0.25, 0.3) is 5.91 Å². The summed E-state index contributed by atoms with van der Waals surface area (Å²) in [6.07, 6.45) is 4.30. The molecular formula is C24H29N3O3S. The summed E-state index contributed by atoms with van der Waals surface area (Å²) in [5.41, 5.74) is 2.72. The van der Waals surface area contributed by atoms with Crippen LogP contribution >= 0.6 is 0 Å². The maximum Gasteiger partial charge on any atom is 0.253 e. The lowest BCUT2D eigenvalue weighted by atomic mass is 9.99. The van der Waals surface area contributed by atoms with Gasteiger partial charge in [-0.2, -0.15) is 4.31 Å². The van der Waals surface area contributed by atoms with E-state index in [4.69, 9.17) is 0 Å². The molecule has 1 unspecified atom stereocenters. The van der Waals surface area contributed by atoms with Crippen molar-refractivity contribution in [3.05, 3.63) is 65.2 Å². The highest BCUT2D eigenvalue weighted by atomic mass is 32.2. The fourth-order valence-corrected chi connectivity index (χ4v) is 6.60. The number of carbonyl (C=O) groups excluding carboxylic acids is 1. The third-order valence-corrected chi connectivity index (χ3v) is 8.78. The van der Waals surface area contributed by atoms with Crippen LogP contribution < -0.4 is 0 Å². The number of hydrogen-bond acceptors (Lipinski definition) is 4. The normalized spacial score (nSPS) is 22.6. The molecule has 31 heavy (non-hydrogen) atoms. The molecule has 2 aromatic carbocycles. The lowest BCUT2D eigenvalue weighted by Gasteiger charge is -2.44. The number of nitrogens with zero attached hydrogens (tertiary/aromatic N) is 3. The Balaban J connectivity index is 1.34. The first-order valence-corrected chi connectivity index (χ1v) is 12.7. The van der Waals surface area contributed by atoms with Crippen molar-refractivity contribution < 1.29 is 13.2 Å². The maximum atomic E-state index is 13.3. The van der Waals surface area contributed by atoms with Crippen molar-refractivity contribution in [3.63, 3.8) is 0 Å². The Kier molecular flexibility index (Phi) is 5.58. The molecule has 5 rings (SSSR count). The number of piperazine rings is 1. The van der Waals surface area contributed by atoms with Gasteiger partial charge in [0.1, 0.15) is 0 Å². The van der Waals surface area contributed by atoms with E-state index >= 15 is 0 Å². The van der Waals surface area contributed by atoms with E-state index in [1.54, 1.807) is 24.3 Å². The Morgan fingerprint density at radius 3 is 2.61 bits per heavy atom. The smallest absolute Gasteiger partial charge is 0.253 e. The predicted molar refractivity (Wildman–Crippen MR) is 119 cm³/mol. The number of sulfonamides is 1. The SMILES string of the molecule is O=C(c1cccc(S(=O)(=O)N2CCc3ccccc3C2)c1)N1CCN2CCCCC2C1. The van der Waals surface area contributed by atoms with Crippen molar-refractivity contribution >= 4 is 15.9 Å². The zero-order valence-corrected chi connectivity index (χ0v) is 18.6. The minimum atomic E-state index is -3.66. The average Bonchev–Trinajstić information content (AvgIpc) is 2.83. The Bertz CT molecular complexity index is 1080. The number of carbonyl (C=O) groups is 1. The molecule has 6 nitrogen and oxygen atoms in total. The average molecular weight is 440 g/mol. The highest BCUT2D eigenvalue weighted by molar-refractivity contribution is 7.89. The van der Waals surface area contributed by atoms with Crippen molar-refractivity contribution in [1.82, 2.24) is 14.1 Å². The maximum absolute atomic E-state index is 13.3. The molecular weight excluding hydrogens is 410 g/mol. The Morgan fingerprint density at radius 2 is 1.74 bits per heavy atom. The van der Waals surface area contributed by atoms with E-state index in [1.807, 2.05) is 23.1 Å². The molecule has 3 aliphatic rings. The van der Waals surface area contributed by atoms with Crippen LogP contribution in [0, 0.1) is 0 Å². The minimum absolute atomic E-state index is 0.0636. The Labute approximate surface area is 184 Å². The van der Waals surface area contributed by atoms with Gasteiger partial charge in [0.2, 0.25) is 10.0 Å². The molecule has 0 bridgehead atoms. The summed E-state index contributed by atoms with van der Waals surface area (Å²) in [5.74, 6) is -0.0636. The molecule has 0 aromatic heterocycles. The van der Waals surface area contributed by atoms with Crippen LogP contribution in [0.5, 0.6) is 0 Å². The summed E-state index contributed by atoms with van der Waals surface area (Å²) < 4.78 is 28.2. The zero-order valence-electron chi connectivity index (χ0n) is 17.7. The van der Waals surface area contributed by atoms with E-state index in [9.17, 15) is 13.2 Å². The van der Waals surface area contributed by atoms with Crippen molar-refractivity contribution in [3.8, 4) is 0 Å². The molecule has 2 aromatic rings. The van der Waals surface area contributed by atoms with Gasteiger partial charge in [-0.05, 0) is 55.1 Å². The summed E-state index contributed by atoms with van der Waals surface area (Å²) in [4.78, 5) is 17.8. The molecule has 2 fully saturated rings. The van der Waals surface area contributed by atoms with Crippen molar-refractivity contribution in [1.29, 1.82) is 0 Å². The summed E-state index contributed by atoms with van der Waals surface area (Å²) in [6, 6.07) is 15.0. The number of piperidine rings is 1. The first-order chi connectivity index (χ1) is 15.0. The number of amides is 1. The molecule has 2 saturated heterocycles. The molecule has 0 radical (unpaired) electrons. The fourth-order valence-electron chi connectivity index (χ4n) is 5.14. The van der Waals surface area contributed by atoms with E-state index in [1.165, 1.54) is 22.7 Å². The van der Waals surface area contributed by atoms with Gasteiger partial charge < -0.3 is 4.90 Å². The van der Waals surface area contributed by atoms with E-state index in [-0.39, 0.29) is 10.8 Å². The van der Waals surface area contributed by atoms with Crippen molar-refractivity contribution in [2.75, 3.05) is 32.7 Å². The highest BCUT2D eigenvalue weighted by Crippen LogP contribution is 2.26. The van der Waals surface area contributed by atoms with Gasteiger partial charge in [-0.1, -0.05) is 36.8 Å². The van der Waals surface area contributed by atoms with Crippen molar-refractivity contribution in [2.45, 2.75) is 43.2 Å². The highest BCUT2D eigenvalue weighted by Gasteiger charge is 2.32. The van der Waals surface area contributed by atoms with Crippen LogP contribution in [0.15, 0.2) is 53.4 Å². The first kappa shape index (κ1) is 20.7. The van der Waals surface area contributed by atoms with Crippen LogP contribution in [0.4, 0.5) is 0 Å². The van der Waals surface area contributed by atoms with Gasteiger partial charge in [0, 0.05) is 44.3 Å². The second-order valence-electron chi connectivity index (χ2n) is 8.82. The van der Waals surface area contributed by atoms with E-state index < -0.39 is 10.0 Å². The zero-order chi connectivity index (χ0) is 21.4. The standard InChI is InChI=1S/C24H29N3O3S/c28-24(26-15-14-25-12-4-3-9-22(25)18-26)20-8-5-10-23(16-20)31(29,30)27-13-11-19-6-1-2-7-21(19)17-27/h1-2,5-8,10,16,22H,3-4,9,11-15,17-18H2. The third kappa shape index (κ3) is 4.02. The van der Waals surface area contributed by atoms with Gasteiger partial charge >= 0.3 is 0 Å². The quantitative estimate of drug-likeness (QED) is 0.738. The van der Waals surface area contributed by atoms with E-state index in [0.717, 1.165) is 31.6 Å². The monoisotopic (exact) mass is 439 g/mol. The van der Waals surface area contributed by atoms with Crippen molar-refractivity contribution in [2.24, 2.45) is 0 Å². The summed E-state index contributed by atoms with van der Waals surface area (Å²) >= 11 is 0. The number of rotatable bonds is 3. The van der Waals surface area contributed by atoms with Crippen LogP contribution in [0.1, 0.15) is 40.7 Å². The molecule has 7 heteroatoms. The Hall–Kier alpha value is -2.22. The van der Waals surface area contributed by atoms with Gasteiger partial charge in [-0.3, -0.25) is 9.69 Å². The molecule has 0 N–H and O–H groups in total. The van der Waals surface area contributed by atoms with Gasteiger partial charge in [-0.15, -0.1) is 0 Å². The van der Waals surface area contributed by atoms with Crippen LogP contribution in [0.2, 0.25) is 0 Å². The largest absolute Gasteiger partial charge is 0.336 e. The van der Waals surface area contributed by atoms with Crippen LogP contribution in [-0.2, 0) is 23.0 Å². The predicted octanol–water partition coefficient (Wildman–Crippen LogP) is 2.74. The topological polar surface area (TPSA) is 60.9 Å². The Morgan fingerprint density at radius 1 is 0.903 bits per heavy atom. The second-order valence-corrected chi connectivity index (χ2v) is 10.8. The minimum Gasteiger partial charge on any atom is -0.336 e. The van der Waals surface area contributed by atoms with Crippen LogP contribution in [-0.4, -0.2) is 67.2 Å². The summed E-state index contributed by atoms with van der Waals surface area (Å²) in [7, 11) is -3.66. The lowest BCUT2D eigenvalue weighted by Crippen LogP contribution is -2.56. The van der Waals surface area contributed by atoms with Gasteiger partial charge in [-0.25, -0.2) is 8.42 Å². The van der Waals surface area contributed by atoms with E-state index in [0.29, 0.717) is 37.7 Å². The third-order valence-electron chi connectivity index (χ3n) is 6.94. The van der Waals surface area contributed by atoms with Gasteiger partial charge in [0.05, 0.1) is 4.90 Å². The lowest BCUT2D eigenvalue weighted by molar-refractivity contribution is 0.0372. The second kappa shape index (κ2) is 8.37. The molecule has 0 saturated carbocycles. The molecule has 0 aliphatic carbocycles. The fraction of sp³-hybridized carbons (Fsp3) is 0.458. The molecule has 0 spiro atoms. The molecule has 3 heterocycles. The summed E-state index contributed by atoms with van der Waals surface area (Å²) in [5, 5.41) is 0. The molecule has 1 amide bonds. The number of fused-ring (bicyclic) bond motifs is 2. The van der Waals surface area contributed by atoms with Crippen LogP contribution in [0.3, 0.4) is 0 Å². The number of benzene rings is 2. The van der Waals surface area contributed by atoms with E-state index in [2.05, 4.69) is 11.0 Å². The molecule has 3 aliphatic heterocycles. The summed E-state index contributed by atoms with van der Waals surface area (Å²) in [6.45, 7) is 4.30. The van der Waals surface area contributed by atoms with Gasteiger partial charge in [0.15, 0.2) is 0 Å². The number of hydrogen-bond donors (Lipinski definition) is 0. The molecule has 164 valence electrons. The van der Waals surface area contributed by atoms with Crippen LogP contribution in [0.25, 0.3) is 0 Å².